The van der Waals surface area contributed by atoms with Gasteiger partial charge in [0.1, 0.15) is 5.75 Å². The lowest BCUT2D eigenvalue weighted by Crippen LogP contribution is -2.44. The summed E-state index contributed by atoms with van der Waals surface area (Å²) < 4.78 is 5.14. The van der Waals surface area contributed by atoms with Gasteiger partial charge in [-0.15, -0.1) is 0 Å². The minimum atomic E-state index is 0.206. The van der Waals surface area contributed by atoms with Crippen LogP contribution in [0.3, 0.4) is 0 Å². The van der Waals surface area contributed by atoms with E-state index < -0.39 is 0 Å². The number of methoxy groups -OCH3 is 1. The molecule has 5 nitrogen and oxygen atoms in total. The fourth-order valence-electron chi connectivity index (χ4n) is 3.65. The van der Waals surface area contributed by atoms with Gasteiger partial charge < -0.3 is 20.5 Å². The third kappa shape index (κ3) is 5.49. The summed E-state index contributed by atoms with van der Waals surface area (Å²) in [5.74, 6) is 1.50. The summed E-state index contributed by atoms with van der Waals surface area (Å²) >= 11 is 0. The first-order chi connectivity index (χ1) is 13.7. The van der Waals surface area contributed by atoms with Crippen LogP contribution < -0.4 is 10.6 Å². The molecule has 28 heavy (non-hydrogen) atoms. The van der Waals surface area contributed by atoms with Crippen LogP contribution in [0.4, 0.5) is 5.69 Å². The van der Waals surface area contributed by atoms with Crippen molar-refractivity contribution in [1.29, 1.82) is 0 Å². The van der Waals surface area contributed by atoms with Crippen LogP contribution in [-0.2, 0) is 4.74 Å². The van der Waals surface area contributed by atoms with Gasteiger partial charge in [0, 0.05) is 13.2 Å². The van der Waals surface area contributed by atoms with E-state index in [0.717, 1.165) is 17.5 Å². The van der Waals surface area contributed by atoms with E-state index in [9.17, 15) is 5.11 Å². The van der Waals surface area contributed by atoms with Crippen LogP contribution >= 0.6 is 0 Å². The maximum absolute atomic E-state index is 10.4. The number of hydrogen-bond donors (Lipinski definition) is 3. The molecule has 2 aromatic rings. The lowest BCUT2D eigenvalue weighted by atomic mass is 9.86. The van der Waals surface area contributed by atoms with Crippen LogP contribution in [0.1, 0.15) is 32.6 Å². The molecule has 0 spiro atoms. The van der Waals surface area contributed by atoms with Gasteiger partial charge in [0.2, 0.25) is 0 Å². The lowest BCUT2D eigenvalue weighted by molar-refractivity contribution is 0.208. The molecule has 2 unspecified atom stereocenters. The molecule has 5 heteroatoms. The van der Waals surface area contributed by atoms with Gasteiger partial charge in [-0.1, -0.05) is 56.2 Å². The topological polar surface area (TPSA) is 65.9 Å². The molecule has 0 aromatic heterocycles. The highest BCUT2D eigenvalue weighted by atomic mass is 16.5. The average Bonchev–Trinajstić information content (AvgIpc) is 2.72. The molecule has 1 aliphatic carbocycles. The summed E-state index contributed by atoms with van der Waals surface area (Å²) in [6.45, 7) is 3.41. The Morgan fingerprint density at radius 2 is 1.89 bits per heavy atom. The summed E-state index contributed by atoms with van der Waals surface area (Å²) in [7, 11) is 1.68. The number of anilines is 1. The van der Waals surface area contributed by atoms with Crippen molar-refractivity contribution in [1.82, 2.24) is 5.32 Å². The van der Waals surface area contributed by atoms with E-state index in [1.54, 1.807) is 13.2 Å². The molecule has 150 valence electrons. The molecule has 0 aliphatic heterocycles. The van der Waals surface area contributed by atoms with Gasteiger partial charge >= 0.3 is 0 Å². The quantitative estimate of drug-likeness (QED) is 0.295. The van der Waals surface area contributed by atoms with Crippen LogP contribution in [-0.4, -0.2) is 37.4 Å². The van der Waals surface area contributed by atoms with E-state index in [1.807, 2.05) is 30.3 Å². The van der Waals surface area contributed by atoms with Gasteiger partial charge in [0.15, 0.2) is 5.96 Å². The third-order valence-corrected chi connectivity index (χ3v) is 5.36. The Balaban J connectivity index is 1.80. The SMILES string of the molecule is COCCN=C(Nc1cc(-c2ccccc2)ccc1O)NC1CCCCC1C. The van der Waals surface area contributed by atoms with Gasteiger partial charge in [0.25, 0.3) is 0 Å². The van der Waals surface area contributed by atoms with Crippen molar-refractivity contribution in [3.05, 3.63) is 48.5 Å². The van der Waals surface area contributed by atoms with Crippen molar-refractivity contribution in [2.24, 2.45) is 10.9 Å². The molecule has 3 N–H and O–H groups in total. The molecular formula is C23H31N3O2. The fourth-order valence-corrected chi connectivity index (χ4v) is 3.65. The van der Waals surface area contributed by atoms with Gasteiger partial charge in [-0.05, 0) is 42.0 Å². The molecule has 2 atom stereocenters. The van der Waals surface area contributed by atoms with Crippen molar-refractivity contribution < 1.29 is 9.84 Å². The van der Waals surface area contributed by atoms with E-state index in [2.05, 4.69) is 34.7 Å². The van der Waals surface area contributed by atoms with Gasteiger partial charge in [-0.3, -0.25) is 4.99 Å². The Kier molecular flexibility index (Phi) is 7.31. The Bertz CT molecular complexity index is 777. The Morgan fingerprint density at radius 1 is 1.11 bits per heavy atom. The zero-order valence-corrected chi connectivity index (χ0v) is 16.8. The first-order valence-electron chi connectivity index (χ1n) is 10.1. The van der Waals surface area contributed by atoms with Gasteiger partial charge in [-0.25, -0.2) is 0 Å². The van der Waals surface area contributed by atoms with E-state index in [-0.39, 0.29) is 5.75 Å². The number of nitrogens with one attached hydrogen (secondary N) is 2. The first kappa shape index (κ1) is 20.2. The van der Waals surface area contributed by atoms with E-state index >= 15 is 0 Å². The number of aromatic hydroxyl groups is 1. The minimum Gasteiger partial charge on any atom is -0.506 e. The molecule has 1 saturated carbocycles. The zero-order valence-electron chi connectivity index (χ0n) is 16.8. The Hall–Kier alpha value is -2.53. The van der Waals surface area contributed by atoms with Gasteiger partial charge in [0.05, 0.1) is 18.8 Å². The van der Waals surface area contributed by atoms with Gasteiger partial charge in [-0.2, -0.15) is 0 Å². The number of benzene rings is 2. The fraction of sp³-hybridized carbons (Fsp3) is 0.435. The third-order valence-electron chi connectivity index (χ3n) is 5.36. The number of phenols is 1. The number of hydrogen-bond acceptors (Lipinski definition) is 3. The molecule has 0 radical (unpaired) electrons. The van der Waals surface area contributed by atoms with Crippen molar-refractivity contribution in [3.63, 3.8) is 0 Å². The Morgan fingerprint density at radius 3 is 2.64 bits per heavy atom. The highest BCUT2D eigenvalue weighted by Gasteiger charge is 2.22. The second-order valence-electron chi connectivity index (χ2n) is 7.46. The van der Waals surface area contributed by atoms with E-state index in [4.69, 9.17) is 4.74 Å². The van der Waals surface area contributed by atoms with Crippen LogP contribution in [0.5, 0.6) is 5.75 Å². The van der Waals surface area contributed by atoms with Crippen LogP contribution in [0, 0.1) is 5.92 Å². The lowest BCUT2D eigenvalue weighted by Gasteiger charge is -2.31. The van der Waals surface area contributed by atoms with Crippen LogP contribution in [0.25, 0.3) is 11.1 Å². The summed E-state index contributed by atoms with van der Waals surface area (Å²) in [5.41, 5.74) is 2.80. The zero-order chi connectivity index (χ0) is 19.8. The smallest absolute Gasteiger partial charge is 0.196 e. The van der Waals surface area contributed by atoms with E-state index in [0.29, 0.717) is 36.8 Å². The number of nitrogens with zero attached hydrogens (tertiary/aromatic N) is 1. The number of phenolic OH excluding ortho intramolecular Hbond substituents is 1. The number of ether oxygens (including phenoxy) is 1. The molecule has 2 aromatic carbocycles. The van der Waals surface area contributed by atoms with Crippen molar-refractivity contribution in [3.8, 4) is 16.9 Å². The molecule has 1 fully saturated rings. The predicted octanol–water partition coefficient (Wildman–Crippen LogP) is 4.64. The molecule has 0 heterocycles. The number of guanidine groups is 1. The monoisotopic (exact) mass is 381 g/mol. The maximum Gasteiger partial charge on any atom is 0.196 e. The number of aliphatic imine (C=N–C) groups is 1. The number of rotatable bonds is 6. The Labute approximate surface area is 167 Å². The first-order valence-corrected chi connectivity index (χ1v) is 10.1. The predicted molar refractivity (Wildman–Crippen MR) is 116 cm³/mol. The molecule has 1 aliphatic rings. The highest BCUT2D eigenvalue weighted by molar-refractivity contribution is 5.96. The normalized spacial score (nSPS) is 20.0. The molecule has 3 rings (SSSR count). The minimum absolute atomic E-state index is 0.206. The maximum atomic E-state index is 10.4. The van der Waals surface area contributed by atoms with Crippen molar-refractivity contribution in [2.75, 3.05) is 25.6 Å². The van der Waals surface area contributed by atoms with Crippen molar-refractivity contribution >= 4 is 11.6 Å². The average molecular weight is 382 g/mol. The summed E-state index contributed by atoms with van der Waals surface area (Å²) in [6, 6.07) is 16.1. The second-order valence-corrected chi connectivity index (χ2v) is 7.46. The summed E-state index contributed by atoms with van der Waals surface area (Å²) in [6.07, 6.45) is 4.91. The standard InChI is InChI=1S/C23H31N3O2/c1-17-8-6-7-11-20(17)25-23(24-14-15-28-2)26-21-16-19(12-13-22(21)27)18-9-4-3-5-10-18/h3-5,9-10,12-13,16-17,20,27H,6-8,11,14-15H2,1-2H3,(H2,24,25,26). The molecular weight excluding hydrogens is 350 g/mol. The van der Waals surface area contributed by atoms with Crippen molar-refractivity contribution in [2.45, 2.75) is 38.6 Å². The molecule has 0 bridgehead atoms. The second kappa shape index (κ2) is 10.1. The van der Waals surface area contributed by atoms with Crippen LogP contribution in [0.2, 0.25) is 0 Å². The summed E-state index contributed by atoms with van der Waals surface area (Å²) in [5, 5.41) is 17.3. The summed E-state index contributed by atoms with van der Waals surface area (Å²) in [4.78, 5) is 4.64. The van der Waals surface area contributed by atoms with Crippen LogP contribution in [0.15, 0.2) is 53.5 Å². The molecule has 0 saturated heterocycles. The van der Waals surface area contributed by atoms with E-state index in [1.165, 1.54) is 19.3 Å². The molecule has 0 amide bonds. The largest absolute Gasteiger partial charge is 0.506 e. The highest BCUT2D eigenvalue weighted by Crippen LogP contribution is 2.30.